The molecular formula is C12H18ClNO2. The molecule has 4 heteroatoms. The van der Waals surface area contributed by atoms with Crippen LogP contribution in [0, 0.1) is 5.92 Å². The minimum Gasteiger partial charge on any atom is -0.454 e. The highest BCUT2D eigenvalue weighted by atomic mass is 35.5. The number of halogens is 1. The first-order valence-electron chi connectivity index (χ1n) is 5.37. The van der Waals surface area contributed by atoms with Gasteiger partial charge < -0.3 is 15.2 Å². The first kappa shape index (κ1) is 13.1. The van der Waals surface area contributed by atoms with E-state index in [1.54, 1.807) is 0 Å². The zero-order chi connectivity index (χ0) is 10.8. The highest BCUT2D eigenvalue weighted by Crippen LogP contribution is 2.35. The molecule has 90 valence electrons. The van der Waals surface area contributed by atoms with Crippen molar-refractivity contribution in [2.24, 2.45) is 11.7 Å². The van der Waals surface area contributed by atoms with Crippen LogP contribution in [-0.4, -0.2) is 6.79 Å². The monoisotopic (exact) mass is 243 g/mol. The number of hydrogen-bond donors (Lipinski definition) is 1. The maximum atomic E-state index is 6.15. The summed E-state index contributed by atoms with van der Waals surface area (Å²) in [4.78, 5) is 0. The van der Waals surface area contributed by atoms with Gasteiger partial charge in [0.1, 0.15) is 0 Å². The highest BCUT2D eigenvalue weighted by molar-refractivity contribution is 5.85. The largest absolute Gasteiger partial charge is 0.454 e. The second-order valence-corrected chi connectivity index (χ2v) is 4.02. The Morgan fingerprint density at radius 3 is 2.69 bits per heavy atom. The zero-order valence-electron chi connectivity index (χ0n) is 9.60. The van der Waals surface area contributed by atoms with Crippen molar-refractivity contribution in [3.05, 3.63) is 23.8 Å². The van der Waals surface area contributed by atoms with Crippen LogP contribution >= 0.6 is 12.4 Å². The fourth-order valence-electron chi connectivity index (χ4n) is 1.70. The lowest BCUT2D eigenvalue weighted by atomic mass is 9.93. The van der Waals surface area contributed by atoms with Crippen LogP contribution in [0.5, 0.6) is 11.5 Å². The lowest BCUT2D eigenvalue weighted by molar-refractivity contribution is 0.174. The van der Waals surface area contributed by atoms with Crippen molar-refractivity contribution in [1.29, 1.82) is 0 Å². The van der Waals surface area contributed by atoms with E-state index in [1.807, 2.05) is 18.2 Å². The lowest BCUT2D eigenvalue weighted by Crippen LogP contribution is -2.18. The van der Waals surface area contributed by atoms with Gasteiger partial charge in [0.05, 0.1) is 0 Å². The van der Waals surface area contributed by atoms with Crippen LogP contribution in [0.4, 0.5) is 0 Å². The van der Waals surface area contributed by atoms with Gasteiger partial charge in [0.2, 0.25) is 6.79 Å². The lowest BCUT2D eigenvalue weighted by Gasteiger charge is -2.18. The molecule has 2 atom stereocenters. The summed E-state index contributed by atoms with van der Waals surface area (Å²) in [6, 6.07) is 6.01. The summed E-state index contributed by atoms with van der Waals surface area (Å²) in [6.07, 6.45) is 1.08. The van der Waals surface area contributed by atoms with Gasteiger partial charge in [-0.1, -0.05) is 26.3 Å². The van der Waals surface area contributed by atoms with Crippen molar-refractivity contribution >= 4 is 12.4 Å². The van der Waals surface area contributed by atoms with Crippen LogP contribution in [0.15, 0.2) is 18.2 Å². The third-order valence-corrected chi connectivity index (χ3v) is 3.04. The first-order chi connectivity index (χ1) is 7.22. The van der Waals surface area contributed by atoms with Gasteiger partial charge in [0.25, 0.3) is 0 Å². The number of ether oxygens (including phenoxy) is 2. The summed E-state index contributed by atoms with van der Waals surface area (Å²) < 4.78 is 10.6. The Kier molecular flexibility index (Phi) is 4.44. The molecule has 0 saturated heterocycles. The zero-order valence-corrected chi connectivity index (χ0v) is 10.4. The molecule has 1 aromatic carbocycles. The molecule has 1 heterocycles. The van der Waals surface area contributed by atoms with E-state index in [0.717, 1.165) is 23.5 Å². The van der Waals surface area contributed by atoms with E-state index < -0.39 is 0 Å². The Morgan fingerprint density at radius 2 is 2.00 bits per heavy atom. The predicted octanol–water partition coefficient (Wildman–Crippen LogP) is 2.88. The molecule has 16 heavy (non-hydrogen) atoms. The van der Waals surface area contributed by atoms with Crippen molar-refractivity contribution < 1.29 is 9.47 Å². The fraction of sp³-hybridized carbons (Fsp3) is 0.500. The Bertz CT molecular complexity index is 357. The van der Waals surface area contributed by atoms with E-state index in [0.29, 0.717) is 12.7 Å². The van der Waals surface area contributed by atoms with E-state index in [-0.39, 0.29) is 18.4 Å². The molecule has 2 rings (SSSR count). The van der Waals surface area contributed by atoms with Crippen LogP contribution in [0.2, 0.25) is 0 Å². The second kappa shape index (κ2) is 5.41. The average molecular weight is 244 g/mol. The van der Waals surface area contributed by atoms with Crippen LogP contribution in [-0.2, 0) is 0 Å². The van der Waals surface area contributed by atoms with Crippen LogP contribution in [0.3, 0.4) is 0 Å². The molecule has 0 fully saturated rings. The quantitative estimate of drug-likeness (QED) is 0.888. The van der Waals surface area contributed by atoms with Gasteiger partial charge in [-0.25, -0.2) is 0 Å². The number of fused-ring (bicyclic) bond motifs is 1. The molecule has 1 unspecified atom stereocenters. The highest BCUT2D eigenvalue weighted by Gasteiger charge is 2.18. The molecule has 1 aliphatic heterocycles. The van der Waals surface area contributed by atoms with Gasteiger partial charge in [-0.2, -0.15) is 0 Å². The van der Waals surface area contributed by atoms with E-state index in [1.165, 1.54) is 0 Å². The van der Waals surface area contributed by atoms with E-state index in [2.05, 4.69) is 13.8 Å². The summed E-state index contributed by atoms with van der Waals surface area (Å²) in [5, 5.41) is 0. The third kappa shape index (κ3) is 2.42. The van der Waals surface area contributed by atoms with Crippen molar-refractivity contribution in [3.63, 3.8) is 0 Å². The van der Waals surface area contributed by atoms with Gasteiger partial charge >= 0.3 is 0 Å². The SMILES string of the molecule is CCC(C)[C@@H](N)c1ccc2c(c1)OCO2.Cl. The van der Waals surface area contributed by atoms with Crippen molar-refractivity contribution in [1.82, 2.24) is 0 Å². The first-order valence-corrected chi connectivity index (χ1v) is 5.37. The molecular weight excluding hydrogens is 226 g/mol. The number of nitrogens with two attached hydrogens (primary N) is 1. The molecule has 0 aliphatic carbocycles. The van der Waals surface area contributed by atoms with Gasteiger partial charge in [0, 0.05) is 6.04 Å². The van der Waals surface area contributed by atoms with Crippen molar-refractivity contribution in [3.8, 4) is 11.5 Å². The summed E-state index contributed by atoms with van der Waals surface area (Å²) >= 11 is 0. The van der Waals surface area contributed by atoms with E-state index >= 15 is 0 Å². The normalized spacial score (nSPS) is 16.4. The van der Waals surface area contributed by atoms with Gasteiger partial charge in [0.15, 0.2) is 11.5 Å². The summed E-state index contributed by atoms with van der Waals surface area (Å²) in [6.45, 7) is 4.63. The Hall–Kier alpha value is -0.930. The molecule has 0 amide bonds. The van der Waals surface area contributed by atoms with Crippen LogP contribution in [0.25, 0.3) is 0 Å². The minimum absolute atomic E-state index is 0. The maximum absolute atomic E-state index is 6.15. The molecule has 1 aliphatic rings. The molecule has 3 nitrogen and oxygen atoms in total. The molecule has 0 saturated carbocycles. The molecule has 0 spiro atoms. The molecule has 0 bridgehead atoms. The molecule has 1 aromatic rings. The molecule has 0 radical (unpaired) electrons. The average Bonchev–Trinajstić information content (AvgIpc) is 2.73. The summed E-state index contributed by atoms with van der Waals surface area (Å²) in [5.74, 6) is 2.10. The van der Waals surface area contributed by atoms with Crippen LogP contribution in [0.1, 0.15) is 31.9 Å². The van der Waals surface area contributed by atoms with E-state index in [4.69, 9.17) is 15.2 Å². The standard InChI is InChI=1S/C12H17NO2.ClH/c1-3-8(2)12(13)9-4-5-10-11(6-9)15-7-14-10;/h4-6,8,12H,3,7,13H2,1-2H3;1H/t8?,12-;/m1./s1. The smallest absolute Gasteiger partial charge is 0.231 e. The third-order valence-electron chi connectivity index (χ3n) is 3.04. The topological polar surface area (TPSA) is 44.5 Å². The van der Waals surface area contributed by atoms with E-state index in [9.17, 15) is 0 Å². The molecule has 2 N–H and O–H groups in total. The van der Waals surface area contributed by atoms with Crippen molar-refractivity contribution in [2.75, 3.05) is 6.79 Å². The van der Waals surface area contributed by atoms with Gasteiger partial charge in [-0.15, -0.1) is 12.4 Å². The van der Waals surface area contributed by atoms with Gasteiger partial charge in [-0.05, 0) is 23.6 Å². The van der Waals surface area contributed by atoms with Gasteiger partial charge in [-0.3, -0.25) is 0 Å². The summed E-state index contributed by atoms with van der Waals surface area (Å²) in [7, 11) is 0. The number of hydrogen-bond acceptors (Lipinski definition) is 3. The van der Waals surface area contributed by atoms with Crippen molar-refractivity contribution in [2.45, 2.75) is 26.3 Å². The molecule has 0 aromatic heterocycles. The minimum atomic E-state index is 0. The number of benzene rings is 1. The Morgan fingerprint density at radius 1 is 1.31 bits per heavy atom. The Balaban J connectivity index is 0.00000128. The number of rotatable bonds is 3. The second-order valence-electron chi connectivity index (χ2n) is 4.02. The maximum Gasteiger partial charge on any atom is 0.231 e. The summed E-state index contributed by atoms with van der Waals surface area (Å²) in [5.41, 5.74) is 7.27. The van der Waals surface area contributed by atoms with Crippen LogP contribution < -0.4 is 15.2 Å². The fourth-order valence-corrected chi connectivity index (χ4v) is 1.70. The Labute approximate surface area is 102 Å². The predicted molar refractivity (Wildman–Crippen MR) is 66.2 cm³/mol.